The van der Waals surface area contributed by atoms with Crippen LogP contribution in [-0.2, 0) is 27.1 Å². The van der Waals surface area contributed by atoms with Crippen molar-refractivity contribution in [2.45, 2.75) is 76.4 Å². The van der Waals surface area contributed by atoms with Gasteiger partial charge in [-0.15, -0.1) is 0 Å². The van der Waals surface area contributed by atoms with Gasteiger partial charge in [0.05, 0.1) is 12.7 Å². The lowest BCUT2D eigenvalue weighted by molar-refractivity contribution is -0.149. The highest BCUT2D eigenvalue weighted by molar-refractivity contribution is 5.78. The second-order valence-electron chi connectivity index (χ2n) is 9.98. The monoisotopic (exact) mass is 478 g/mol. The summed E-state index contributed by atoms with van der Waals surface area (Å²) in [5.41, 5.74) is 4.58. The number of pyridine rings is 2. The molecule has 1 aliphatic carbocycles. The number of rotatable bonds is 11. The van der Waals surface area contributed by atoms with E-state index in [9.17, 15) is 4.79 Å². The van der Waals surface area contributed by atoms with Crippen molar-refractivity contribution in [2.75, 3.05) is 38.2 Å². The molecule has 0 amide bonds. The molecule has 0 aromatic carbocycles. The first-order valence-electron chi connectivity index (χ1n) is 13.4. The average molecular weight is 479 g/mol. The lowest BCUT2D eigenvalue weighted by atomic mass is 10.0. The number of hydrogen-bond acceptors (Lipinski definition) is 7. The first-order chi connectivity index (χ1) is 17.2. The molecule has 2 fully saturated rings. The molecular formula is C28H38N4O3. The number of esters is 1. The molecule has 4 heterocycles. The minimum Gasteiger partial charge on any atom is -0.465 e. The van der Waals surface area contributed by atoms with Crippen LogP contribution in [0.1, 0.15) is 79.9 Å². The molecule has 2 atom stereocenters. The largest absolute Gasteiger partial charge is 0.465 e. The van der Waals surface area contributed by atoms with Crippen LogP contribution < -0.4 is 5.32 Å². The number of nitrogens with zero attached hydrogens (tertiary/aromatic N) is 3. The zero-order valence-electron chi connectivity index (χ0n) is 20.9. The van der Waals surface area contributed by atoms with Crippen LogP contribution >= 0.6 is 0 Å². The van der Waals surface area contributed by atoms with Crippen LogP contribution in [0.2, 0.25) is 0 Å². The lowest BCUT2D eigenvalue weighted by Crippen LogP contribution is -2.35. The Hall–Kier alpha value is -2.51. The summed E-state index contributed by atoms with van der Waals surface area (Å²) in [6.07, 6.45) is 10.6. The Labute approximate surface area is 208 Å². The maximum absolute atomic E-state index is 13.0. The molecule has 0 spiro atoms. The summed E-state index contributed by atoms with van der Waals surface area (Å²) in [5, 5.41) is 3.42. The molecule has 0 radical (unpaired) electrons. The third-order valence-corrected chi connectivity index (χ3v) is 7.31. The summed E-state index contributed by atoms with van der Waals surface area (Å²) in [5.74, 6) is 1.39. The van der Waals surface area contributed by atoms with E-state index >= 15 is 0 Å². The number of carbonyl (C=O) groups excluding carboxylic acids is 1. The molecule has 2 aromatic rings. The number of anilines is 1. The molecule has 1 saturated carbocycles. The van der Waals surface area contributed by atoms with E-state index in [1.165, 1.54) is 12.0 Å². The molecule has 188 valence electrons. The lowest BCUT2D eigenvalue weighted by Gasteiger charge is -2.27. The Bertz CT molecular complexity index is 1010. The van der Waals surface area contributed by atoms with Crippen LogP contribution in [0.5, 0.6) is 0 Å². The summed E-state index contributed by atoms with van der Waals surface area (Å²) < 4.78 is 11.7. The fourth-order valence-corrected chi connectivity index (χ4v) is 5.34. The van der Waals surface area contributed by atoms with Gasteiger partial charge < -0.3 is 14.8 Å². The van der Waals surface area contributed by atoms with Gasteiger partial charge in [0.2, 0.25) is 0 Å². The summed E-state index contributed by atoms with van der Waals surface area (Å²) in [4.78, 5) is 24.7. The molecule has 3 aliphatic rings. The normalized spacial score (nSPS) is 20.8. The zero-order chi connectivity index (χ0) is 24.0. The molecule has 0 bridgehead atoms. The highest BCUT2D eigenvalue weighted by Gasteiger charge is 2.39. The topological polar surface area (TPSA) is 76.6 Å². The van der Waals surface area contributed by atoms with Gasteiger partial charge in [-0.3, -0.25) is 9.88 Å². The molecule has 1 unspecified atom stereocenters. The van der Waals surface area contributed by atoms with E-state index in [2.05, 4.69) is 33.4 Å². The first-order valence-corrected chi connectivity index (χ1v) is 13.4. The van der Waals surface area contributed by atoms with Crippen molar-refractivity contribution in [2.24, 2.45) is 0 Å². The van der Waals surface area contributed by atoms with E-state index in [1.54, 1.807) is 0 Å². The number of aryl methyl sites for hydroxylation is 2. The van der Waals surface area contributed by atoms with Crippen molar-refractivity contribution in [1.82, 2.24) is 14.9 Å². The van der Waals surface area contributed by atoms with Gasteiger partial charge in [-0.25, -0.2) is 9.78 Å². The van der Waals surface area contributed by atoms with Crippen LogP contribution in [-0.4, -0.2) is 59.8 Å². The van der Waals surface area contributed by atoms with Crippen LogP contribution in [0.25, 0.3) is 0 Å². The van der Waals surface area contributed by atoms with Gasteiger partial charge in [0.1, 0.15) is 11.9 Å². The maximum Gasteiger partial charge on any atom is 0.328 e. The predicted molar refractivity (Wildman–Crippen MR) is 136 cm³/mol. The SMILES string of the molecule is CCOC(=O)C(c1cccnc1C1CC1)N1CC[C@@H](OCCCCc2ccc3c(n2)NCCC3)C1. The third kappa shape index (κ3) is 6.01. The Morgan fingerprint density at radius 1 is 1.23 bits per heavy atom. The Morgan fingerprint density at radius 3 is 3.00 bits per heavy atom. The van der Waals surface area contributed by atoms with E-state index < -0.39 is 6.04 Å². The highest BCUT2D eigenvalue weighted by atomic mass is 16.5. The average Bonchev–Trinajstić information content (AvgIpc) is 3.63. The summed E-state index contributed by atoms with van der Waals surface area (Å²) in [7, 11) is 0. The molecule has 35 heavy (non-hydrogen) atoms. The molecule has 2 aliphatic heterocycles. The van der Waals surface area contributed by atoms with Crippen molar-refractivity contribution in [3.8, 4) is 0 Å². The summed E-state index contributed by atoms with van der Waals surface area (Å²) in [6.45, 7) is 5.60. The maximum atomic E-state index is 13.0. The minimum absolute atomic E-state index is 0.152. The molecule has 2 aromatic heterocycles. The number of likely N-dealkylation sites (tertiary alicyclic amines) is 1. The van der Waals surface area contributed by atoms with Gasteiger partial charge in [-0.05, 0) is 76.0 Å². The molecule has 5 rings (SSSR count). The highest BCUT2D eigenvalue weighted by Crippen LogP contribution is 2.43. The molecule has 7 heteroatoms. The van der Waals surface area contributed by atoms with Gasteiger partial charge in [0, 0.05) is 55.3 Å². The number of aromatic nitrogens is 2. The van der Waals surface area contributed by atoms with E-state index in [4.69, 9.17) is 14.5 Å². The number of ether oxygens (including phenoxy) is 2. The predicted octanol–water partition coefficient (Wildman–Crippen LogP) is 4.43. The van der Waals surface area contributed by atoms with Crippen LogP contribution in [0.4, 0.5) is 5.82 Å². The minimum atomic E-state index is -0.392. The smallest absolute Gasteiger partial charge is 0.328 e. The van der Waals surface area contributed by atoms with Crippen molar-refractivity contribution < 1.29 is 14.3 Å². The standard InChI is InChI=1S/C28H38N4O3/c1-2-34-28(33)26(24-9-6-15-29-25(24)20-10-11-20)32-17-14-23(19-32)35-18-4-3-8-22-13-12-21-7-5-16-30-27(21)31-22/h6,9,12-13,15,20,23,26H,2-5,7-8,10-11,14,16-19H2,1H3,(H,30,31)/t23-,26?/m1/s1. The van der Waals surface area contributed by atoms with E-state index in [-0.39, 0.29) is 12.1 Å². The van der Waals surface area contributed by atoms with Gasteiger partial charge >= 0.3 is 5.97 Å². The number of carbonyl (C=O) groups is 1. The van der Waals surface area contributed by atoms with Gasteiger partial charge in [-0.1, -0.05) is 12.1 Å². The molecule has 7 nitrogen and oxygen atoms in total. The second-order valence-corrected chi connectivity index (χ2v) is 9.98. The quantitative estimate of drug-likeness (QED) is 0.378. The number of nitrogens with one attached hydrogen (secondary N) is 1. The Kier molecular flexibility index (Phi) is 7.94. The van der Waals surface area contributed by atoms with Crippen LogP contribution in [0.15, 0.2) is 30.5 Å². The zero-order valence-corrected chi connectivity index (χ0v) is 20.9. The van der Waals surface area contributed by atoms with Gasteiger partial charge in [-0.2, -0.15) is 0 Å². The van der Waals surface area contributed by atoms with Crippen molar-refractivity contribution in [1.29, 1.82) is 0 Å². The van der Waals surface area contributed by atoms with E-state index in [0.717, 1.165) is 94.0 Å². The number of hydrogen-bond donors (Lipinski definition) is 1. The second kappa shape index (κ2) is 11.5. The summed E-state index contributed by atoms with van der Waals surface area (Å²) >= 11 is 0. The van der Waals surface area contributed by atoms with Crippen LogP contribution in [0.3, 0.4) is 0 Å². The van der Waals surface area contributed by atoms with E-state index in [1.807, 2.05) is 19.2 Å². The van der Waals surface area contributed by atoms with Crippen molar-refractivity contribution in [3.05, 3.63) is 53.0 Å². The Balaban J connectivity index is 1.11. The number of fused-ring (bicyclic) bond motifs is 1. The molecular weight excluding hydrogens is 440 g/mol. The fraction of sp³-hybridized carbons (Fsp3) is 0.607. The van der Waals surface area contributed by atoms with E-state index in [0.29, 0.717) is 12.5 Å². The fourth-order valence-electron chi connectivity index (χ4n) is 5.34. The molecule has 1 N–H and O–H groups in total. The van der Waals surface area contributed by atoms with Crippen molar-refractivity contribution in [3.63, 3.8) is 0 Å². The van der Waals surface area contributed by atoms with Crippen LogP contribution in [0, 0.1) is 0 Å². The summed E-state index contributed by atoms with van der Waals surface area (Å²) in [6, 6.07) is 8.00. The van der Waals surface area contributed by atoms with Crippen molar-refractivity contribution >= 4 is 11.8 Å². The third-order valence-electron chi connectivity index (χ3n) is 7.31. The van der Waals surface area contributed by atoms with Gasteiger partial charge in [0.25, 0.3) is 0 Å². The first kappa shape index (κ1) is 24.2. The number of unbranched alkanes of at least 4 members (excludes halogenated alkanes) is 1. The van der Waals surface area contributed by atoms with Gasteiger partial charge in [0.15, 0.2) is 0 Å². The Morgan fingerprint density at radius 2 is 2.14 bits per heavy atom. The molecule has 1 saturated heterocycles.